The van der Waals surface area contributed by atoms with Gasteiger partial charge in [-0.05, 0) is 12.8 Å². The van der Waals surface area contributed by atoms with E-state index in [1.807, 2.05) is 0 Å². The van der Waals surface area contributed by atoms with Crippen LogP contribution in [0.15, 0.2) is 0 Å². The summed E-state index contributed by atoms with van der Waals surface area (Å²) in [5.41, 5.74) is 3.98. The van der Waals surface area contributed by atoms with Crippen LogP contribution >= 0.6 is 0 Å². The lowest BCUT2D eigenvalue weighted by Gasteiger charge is -2.28. The second-order valence-corrected chi connectivity index (χ2v) is 2.50. The number of hydrogen-bond donors (Lipinski definition) is 2. The first-order valence-corrected chi connectivity index (χ1v) is 3.31. The summed E-state index contributed by atoms with van der Waals surface area (Å²) in [5.74, 6) is -1.06. The molecule has 0 aromatic carbocycles. The van der Waals surface area contributed by atoms with Crippen LogP contribution < -0.4 is 5.73 Å². The molecule has 4 nitrogen and oxygen atoms in total. The summed E-state index contributed by atoms with van der Waals surface area (Å²) in [5, 5.41) is 8.55. The van der Waals surface area contributed by atoms with Crippen molar-refractivity contribution in [1.82, 2.24) is 0 Å². The molecule has 1 saturated heterocycles. The number of ether oxygens (including phenoxy) is 1. The Morgan fingerprint density at radius 3 is 2.60 bits per heavy atom. The molecule has 1 aliphatic rings. The highest BCUT2D eigenvalue weighted by molar-refractivity contribution is 5.76. The molecule has 1 atom stereocenters. The van der Waals surface area contributed by atoms with E-state index in [0.29, 0.717) is 13.0 Å². The fourth-order valence-electron chi connectivity index (χ4n) is 0.985. The van der Waals surface area contributed by atoms with Crippen molar-refractivity contribution in [2.75, 3.05) is 6.61 Å². The zero-order valence-corrected chi connectivity index (χ0v) is 5.67. The van der Waals surface area contributed by atoms with Gasteiger partial charge >= 0.3 is 5.97 Å². The van der Waals surface area contributed by atoms with E-state index in [2.05, 4.69) is 0 Å². The lowest BCUT2D eigenvalue weighted by molar-refractivity contribution is -0.171. The maximum atomic E-state index is 10.4. The first-order chi connectivity index (χ1) is 4.65. The van der Waals surface area contributed by atoms with Crippen LogP contribution in [0.1, 0.15) is 19.3 Å². The van der Waals surface area contributed by atoms with Crippen molar-refractivity contribution in [1.29, 1.82) is 0 Å². The first-order valence-electron chi connectivity index (χ1n) is 3.31. The minimum Gasteiger partial charge on any atom is -0.478 e. The highest BCUT2D eigenvalue weighted by atomic mass is 16.5. The molecule has 1 unspecified atom stereocenters. The first kappa shape index (κ1) is 7.50. The van der Waals surface area contributed by atoms with Gasteiger partial charge in [-0.3, -0.25) is 5.73 Å². The average Bonchev–Trinajstić information content (AvgIpc) is 1.89. The monoisotopic (exact) mass is 145 g/mol. The third-order valence-corrected chi connectivity index (χ3v) is 1.66. The highest BCUT2D eigenvalue weighted by Gasteiger charge is 2.36. The van der Waals surface area contributed by atoms with Crippen molar-refractivity contribution in [3.63, 3.8) is 0 Å². The Labute approximate surface area is 59.0 Å². The minimum atomic E-state index is -1.40. The summed E-state index contributed by atoms with van der Waals surface area (Å²) in [7, 11) is 0. The molecule has 0 saturated carbocycles. The molecule has 1 aliphatic heterocycles. The van der Waals surface area contributed by atoms with E-state index in [0.717, 1.165) is 12.8 Å². The van der Waals surface area contributed by atoms with E-state index in [1.54, 1.807) is 0 Å². The molecular formula is C6H11NO3. The summed E-state index contributed by atoms with van der Waals surface area (Å²) in [6.45, 7) is 0.461. The van der Waals surface area contributed by atoms with Gasteiger partial charge in [-0.1, -0.05) is 0 Å². The maximum Gasteiger partial charge on any atom is 0.351 e. The molecule has 58 valence electrons. The molecule has 0 spiro atoms. The van der Waals surface area contributed by atoms with Crippen LogP contribution in [-0.2, 0) is 9.53 Å². The van der Waals surface area contributed by atoms with E-state index in [-0.39, 0.29) is 0 Å². The van der Waals surface area contributed by atoms with Crippen molar-refractivity contribution in [2.24, 2.45) is 5.73 Å². The largest absolute Gasteiger partial charge is 0.478 e. The van der Waals surface area contributed by atoms with Gasteiger partial charge in [0.25, 0.3) is 0 Å². The summed E-state index contributed by atoms with van der Waals surface area (Å²) in [6.07, 6.45) is 2.16. The molecule has 1 fully saturated rings. The number of nitrogens with two attached hydrogens (primary N) is 1. The van der Waals surface area contributed by atoms with Gasteiger partial charge in [0.1, 0.15) is 0 Å². The standard InChI is InChI=1S/C6H11NO3/c7-6(5(8)9)3-1-2-4-10-6/h1-4,7H2,(H,8,9). The number of carbonyl (C=O) groups is 1. The summed E-state index contributed by atoms with van der Waals surface area (Å²) in [6, 6.07) is 0. The number of carboxylic acid groups (broad SMARTS) is 1. The van der Waals surface area contributed by atoms with Crippen LogP contribution in [0.25, 0.3) is 0 Å². The van der Waals surface area contributed by atoms with Gasteiger partial charge in [0.15, 0.2) is 0 Å². The van der Waals surface area contributed by atoms with Crippen LogP contribution in [0.4, 0.5) is 0 Å². The van der Waals surface area contributed by atoms with Crippen LogP contribution in [0.5, 0.6) is 0 Å². The molecule has 4 heteroatoms. The zero-order valence-electron chi connectivity index (χ0n) is 5.67. The van der Waals surface area contributed by atoms with E-state index in [4.69, 9.17) is 15.6 Å². The van der Waals surface area contributed by atoms with Gasteiger partial charge in [0.05, 0.1) is 0 Å². The van der Waals surface area contributed by atoms with Gasteiger partial charge < -0.3 is 9.84 Å². The second kappa shape index (κ2) is 2.56. The van der Waals surface area contributed by atoms with Gasteiger partial charge in [0, 0.05) is 13.0 Å². The van der Waals surface area contributed by atoms with Crippen molar-refractivity contribution >= 4 is 5.97 Å². The quantitative estimate of drug-likeness (QED) is 0.541. The number of rotatable bonds is 1. The summed E-state index contributed by atoms with van der Waals surface area (Å²) < 4.78 is 4.91. The van der Waals surface area contributed by atoms with Gasteiger partial charge in [0.2, 0.25) is 5.72 Å². The fourth-order valence-corrected chi connectivity index (χ4v) is 0.985. The lowest BCUT2D eigenvalue weighted by atomic mass is 10.0. The van der Waals surface area contributed by atoms with Gasteiger partial charge in [-0.25, -0.2) is 4.79 Å². The normalized spacial score (nSPS) is 33.7. The molecule has 1 heterocycles. The van der Waals surface area contributed by atoms with Gasteiger partial charge in [-0.15, -0.1) is 0 Å². The van der Waals surface area contributed by atoms with Crippen LogP contribution in [0.3, 0.4) is 0 Å². The predicted octanol–water partition coefficient (Wildman–Crippen LogP) is -0.0735. The SMILES string of the molecule is NC1(C(=O)O)CCCCO1. The Morgan fingerprint density at radius 1 is 1.60 bits per heavy atom. The Hall–Kier alpha value is -0.610. The van der Waals surface area contributed by atoms with Crippen LogP contribution in [-0.4, -0.2) is 23.4 Å². The Morgan fingerprint density at radius 2 is 2.30 bits per heavy atom. The van der Waals surface area contributed by atoms with Gasteiger partial charge in [-0.2, -0.15) is 0 Å². The third-order valence-electron chi connectivity index (χ3n) is 1.66. The smallest absolute Gasteiger partial charge is 0.351 e. The van der Waals surface area contributed by atoms with E-state index in [9.17, 15) is 4.79 Å². The minimum absolute atomic E-state index is 0.419. The van der Waals surface area contributed by atoms with E-state index >= 15 is 0 Å². The maximum absolute atomic E-state index is 10.4. The number of aliphatic carboxylic acids is 1. The molecule has 0 amide bonds. The van der Waals surface area contributed by atoms with E-state index < -0.39 is 11.7 Å². The molecule has 0 aromatic heterocycles. The fraction of sp³-hybridized carbons (Fsp3) is 0.833. The Kier molecular flexibility index (Phi) is 1.92. The zero-order chi connectivity index (χ0) is 7.61. The molecule has 0 radical (unpaired) electrons. The lowest BCUT2D eigenvalue weighted by Crippen LogP contribution is -2.52. The van der Waals surface area contributed by atoms with Crippen molar-refractivity contribution in [3.05, 3.63) is 0 Å². The molecule has 1 rings (SSSR count). The summed E-state index contributed by atoms with van der Waals surface area (Å²) >= 11 is 0. The summed E-state index contributed by atoms with van der Waals surface area (Å²) in [4.78, 5) is 10.4. The topological polar surface area (TPSA) is 72.6 Å². The Balaban J connectivity index is 2.56. The molecule has 3 N–H and O–H groups in total. The predicted molar refractivity (Wildman–Crippen MR) is 34.4 cm³/mol. The van der Waals surface area contributed by atoms with Crippen molar-refractivity contribution in [2.45, 2.75) is 25.0 Å². The van der Waals surface area contributed by atoms with Crippen molar-refractivity contribution < 1.29 is 14.6 Å². The van der Waals surface area contributed by atoms with Crippen LogP contribution in [0, 0.1) is 0 Å². The molecular weight excluding hydrogens is 134 g/mol. The number of hydrogen-bond acceptors (Lipinski definition) is 3. The third kappa shape index (κ3) is 1.27. The van der Waals surface area contributed by atoms with Crippen molar-refractivity contribution in [3.8, 4) is 0 Å². The average molecular weight is 145 g/mol. The van der Waals surface area contributed by atoms with Crippen LogP contribution in [0.2, 0.25) is 0 Å². The highest BCUT2D eigenvalue weighted by Crippen LogP contribution is 2.19. The second-order valence-electron chi connectivity index (χ2n) is 2.50. The molecule has 0 aromatic rings. The molecule has 10 heavy (non-hydrogen) atoms. The molecule has 0 bridgehead atoms. The van der Waals surface area contributed by atoms with E-state index in [1.165, 1.54) is 0 Å². The molecule has 0 aliphatic carbocycles. The number of carboxylic acids is 1. The Bertz CT molecular complexity index is 140.